The van der Waals surface area contributed by atoms with Crippen molar-refractivity contribution in [3.05, 3.63) is 35.4 Å². The van der Waals surface area contributed by atoms with Crippen LogP contribution < -0.4 is 0 Å². The average Bonchev–Trinajstić information content (AvgIpc) is 2.30. The van der Waals surface area contributed by atoms with Crippen LogP contribution in [-0.2, 0) is 9.47 Å². The standard InChI is InChI=1S/C12H14O4/c1-3-15-11(13)9-7-5-6-8-10(9)12(14)16-4-2/h5-8H,3-4H2,1-2H3/i5+1,6+1,7+1,8+1,9+1,10+1. The predicted molar refractivity (Wildman–Crippen MR) is 58.4 cm³/mol. The molecule has 0 saturated carbocycles. The third-order valence-electron chi connectivity index (χ3n) is 1.92. The summed E-state index contributed by atoms with van der Waals surface area (Å²) in [5.41, 5.74) is 0.477. The summed E-state index contributed by atoms with van der Waals surface area (Å²) >= 11 is 0. The van der Waals surface area contributed by atoms with Crippen LogP contribution in [0.3, 0.4) is 0 Å². The fraction of sp³-hybridized carbons (Fsp3) is 0.333. The van der Waals surface area contributed by atoms with Gasteiger partial charge >= 0.3 is 11.9 Å². The zero-order valence-corrected chi connectivity index (χ0v) is 9.36. The van der Waals surface area contributed by atoms with Crippen molar-refractivity contribution in [1.82, 2.24) is 0 Å². The quantitative estimate of drug-likeness (QED) is 0.740. The van der Waals surface area contributed by atoms with Gasteiger partial charge in [0.2, 0.25) is 0 Å². The number of rotatable bonds is 4. The molecule has 0 heterocycles. The maximum absolute atomic E-state index is 11.5. The van der Waals surface area contributed by atoms with Crippen molar-refractivity contribution in [1.29, 1.82) is 0 Å². The highest BCUT2D eigenvalue weighted by molar-refractivity contribution is 6.03. The number of esters is 2. The highest BCUT2D eigenvalue weighted by atomic mass is 16.5. The minimum atomic E-state index is -0.508. The Kier molecular flexibility index (Phi) is 4.51. The minimum absolute atomic E-state index is 0.239. The van der Waals surface area contributed by atoms with Gasteiger partial charge in [0.15, 0.2) is 0 Å². The number of hydrogen-bond donors (Lipinski definition) is 0. The van der Waals surface area contributed by atoms with Crippen LogP contribution in [0.5, 0.6) is 0 Å². The second-order valence-corrected chi connectivity index (χ2v) is 2.99. The van der Waals surface area contributed by atoms with E-state index in [4.69, 9.17) is 9.47 Å². The molecule has 0 bridgehead atoms. The van der Waals surface area contributed by atoms with E-state index in [1.54, 1.807) is 38.1 Å². The summed E-state index contributed by atoms with van der Waals surface area (Å²) in [4.78, 5) is 23.1. The van der Waals surface area contributed by atoms with Gasteiger partial charge < -0.3 is 9.47 Å². The van der Waals surface area contributed by atoms with Gasteiger partial charge in [-0.2, -0.15) is 0 Å². The van der Waals surface area contributed by atoms with Crippen LogP contribution in [0.2, 0.25) is 0 Å². The summed E-state index contributed by atoms with van der Waals surface area (Å²) in [6, 6.07) is 6.44. The Labute approximate surface area is 94.2 Å². The van der Waals surface area contributed by atoms with Crippen molar-refractivity contribution in [2.75, 3.05) is 13.2 Å². The maximum atomic E-state index is 11.5. The number of hydrogen-bond acceptors (Lipinski definition) is 4. The molecule has 0 aliphatic heterocycles. The van der Waals surface area contributed by atoms with Crippen molar-refractivity contribution in [3.63, 3.8) is 0 Å². The van der Waals surface area contributed by atoms with Gasteiger partial charge in [-0.3, -0.25) is 0 Å². The number of carbonyl (C=O) groups is 2. The topological polar surface area (TPSA) is 52.6 Å². The molecule has 0 unspecified atom stereocenters. The van der Waals surface area contributed by atoms with E-state index in [9.17, 15) is 9.59 Å². The first-order valence-corrected chi connectivity index (χ1v) is 5.14. The second kappa shape index (κ2) is 5.90. The van der Waals surface area contributed by atoms with E-state index in [2.05, 4.69) is 0 Å². The lowest BCUT2D eigenvalue weighted by Gasteiger charge is -2.07. The van der Waals surface area contributed by atoms with Gasteiger partial charge in [-0.1, -0.05) is 12.1 Å². The van der Waals surface area contributed by atoms with Crippen LogP contribution in [0.15, 0.2) is 24.3 Å². The van der Waals surface area contributed by atoms with E-state index < -0.39 is 11.9 Å². The summed E-state index contributed by atoms with van der Waals surface area (Å²) in [6.45, 7) is 3.97. The molecule has 0 saturated heterocycles. The first-order valence-electron chi connectivity index (χ1n) is 5.14. The van der Waals surface area contributed by atoms with Gasteiger partial charge in [0, 0.05) is 0 Å². The predicted octanol–water partition coefficient (Wildman–Crippen LogP) is 2.04. The van der Waals surface area contributed by atoms with Gasteiger partial charge in [0.05, 0.1) is 24.3 Å². The molecule has 0 radical (unpaired) electrons. The van der Waals surface area contributed by atoms with Crippen LogP contribution in [0.1, 0.15) is 34.6 Å². The third-order valence-corrected chi connectivity index (χ3v) is 1.92. The molecule has 0 fully saturated rings. The molecular weight excluding hydrogens is 214 g/mol. The van der Waals surface area contributed by atoms with Crippen molar-refractivity contribution in [3.8, 4) is 0 Å². The van der Waals surface area contributed by atoms with Crippen LogP contribution in [0.25, 0.3) is 0 Å². The van der Waals surface area contributed by atoms with Gasteiger partial charge in [-0.05, 0) is 26.0 Å². The molecule has 0 spiro atoms. The normalized spacial score (nSPS) is 9.62. The average molecular weight is 228 g/mol. The Morgan fingerprint density at radius 3 is 1.62 bits per heavy atom. The van der Waals surface area contributed by atoms with E-state index in [1.807, 2.05) is 0 Å². The zero-order chi connectivity index (χ0) is 12.0. The molecule has 0 aliphatic rings. The molecule has 0 aromatic heterocycles. The summed E-state index contributed by atoms with van der Waals surface area (Å²) in [5.74, 6) is -1.02. The Morgan fingerprint density at radius 1 is 0.938 bits per heavy atom. The highest BCUT2D eigenvalue weighted by Crippen LogP contribution is 2.11. The zero-order valence-electron chi connectivity index (χ0n) is 9.36. The summed E-state index contributed by atoms with van der Waals surface area (Å²) in [5, 5.41) is 0. The van der Waals surface area contributed by atoms with Crippen molar-refractivity contribution >= 4 is 11.9 Å². The molecular formula is C12H14O4. The van der Waals surface area contributed by atoms with E-state index in [0.29, 0.717) is 0 Å². The molecule has 16 heavy (non-hydrogen) atoms. The smallest absolute Gasteiger partial charge is 0.338 e. The maximum Gasteiger partial charge on any atom is 0.338 e. The number of benzene rings is 1. The molecule has 1 rings (SSSR count). The SMILES string of the molecule is CCOC(=O)[13c]1[13cH][13cH][13cH][13cH][13c]1C(=O)OCC. The van der Waals surface area contributed by atoms with Crippen LogP contribution >= 0.6 is 0 Å². The number of ether oxygens (including phenoxy) is 2. The van der Waals surface area contributed by atoms with Crippen molar-refractivity contribution < 1.29 is 19.1 Å². The largest absolute Gasteiger partial charge is 0.462 e. The van der Waals surface area contributed by atoms with Crippen molar-refractivity contribution in [2.45, 2.75) is 13.8 Å². The molecule has 1 aromatic rings. The lowest BCUT2D eigenvalue weighted by atomic mass is 10.7. The minimum Gasteiger partial charge on any atom is -0.462 e. The molecule has 0 aliphatic carbocycles. The van der Waals surface area contributed by atoms with E-state index >= 15 is 0 Å². The monoisotopic (exact) mass is 228 g/mol. The fourth-order valence-electron chi connectivity index (χ4n) is 1.26. The first-order chi connectivity index (χ1) is 7.70. The Morgan fingerprint density at radius 2 is 1.31 bits per heavy atom. The van der Waals surface area contributed by atoms with Gasteiger partial charge in [-0.15, -0.1) is 0 Å². The van der Waals surface area contributed by atoms with Gasteiger partial charge in [-0.25, -0.2) is 9.59 Å². The summed E-state index contributed by atoms with van der Waals surface area (Å²) in [7, 11) is 0. The highest BCUT2D eigenvalue weighted by Gasteiger charge is 2.17. The van der Waals surface area contributed by atoms with E-state index in [1.165, 1.54) is 0 Å². The second-order valence-electron chi connectivity index (χ2n) is 2.99. The summed E-state index contributed by atoms with van der Waals surface area (Å²) < 4.78 is 9.70. The van der Waals surface area contributed by atoms with Gasteiger partial charge in [0.25, 0.3) is 0 Å². The van der Waals surface area contributed by atoms with Crippen LogP contribution in [0.4, 0.5) is 0 Å². The van der Waals surface area contributed by atoms with Crippen LogP contribution in [0, 0.1) is 0 Å². The molecule has 86 valence electrons. The van der Waals surface area contributed by atoms with Crippen LogP contribution in [-0.4, -0.2) is 25.2 Å². The third kappa shape index (κ3) is 2.82. The number of carbonyl (C=O) groups excluding carboxylic acids is 2. The lowest BCUT2D eigenvalue weighted by Crippen LogP contribution is -2.13. The summed E-state index contributed by atoms with van der Waals surface area (Å²) in [6.07, 6.45) is 0. The van der Waals surface area contributed by atoms with Crippen molar-refractivity contribution in [2.24, 2.45) is 0 Å². The fourth-order valence-corrected chi connectivity index (χ4v) is 1.26. The molecule has 4 heteroatoms. The van der Waals surface area contributed by atoms with Gasteiger partial charge in [0.1, 0.15) is 0 Å². The molecule has 4 nitrogen and oxygen atoms in total. The van der Waals surface area contributed by atoms with E-state index in [-0.39, 0.29) is 24.3 Å². The van der Waals surface area contributed by atoms with E-state index in [0.717, 1.165) is 0 Å². The molecule has 0 atom stereocenters. The molecule has 0 N–H and O–H groups in total. The molecule has 1 aromatic carbocycles. The first kappa shape index (κ1) is 12.2. The Hall–Kier alpha value is -1.84. The Bertz CT molecular complexity index is 347. The molecule has 0 amide bonds. The lowest BCUT2D eigenvalue weighted by molar-refractivity contribution is 0.0479. The Balaban J connectivity index is 3.00.